The van der Waals surface area contributed by atoms with Gasteiger partial charge in [0.1, 0.15) is 0 Å². The van der Waals surface area contributed by atoms with Crippen LogP contribution in [-0.2, 0) is 0 Å². The van der Waals surface area contributed by atoms with Crippen molar-refractivity contribution < 1.29 is 0 Å². The van der Waals surface area contributed by atoms with E-state index in [4.69, 9.17) is 0 Å². The minimum absolute atomic E-state index is 1.02. The van der Waals surface area contributed by atoms with Crippen LogP contribution in [0.15, 0.2) is 0 Å². The molecule has 0 saturated carbocycles. The summed E-state index contributed by atoms with van der Waals surface area (Å²) in [7, 11) is 0. The molecule has 0 nitrogen and oxygen atoms in total. The number of unbranched alkanes of at least 4 members (excludes halogenated alkanes) is 27. The molecule has 0 radical (unpaired) electrons. The summed E-state index contributed by atoms with van der Waals surface area (Å²) in [5, 5.41) is 0. The fourth-order valence-corrected chi connectivity index (χ4v) is 5.98. The van der Waals surface area contributed by atoms with Crippen LogP contribution in [0.4, 0.5) is 0 Å². The average molecular weight is 507 g/mol. The van der Waals surface area contributed by atoms with Gasteiger partial charge >= 0.3 is 0 Å². The van der Waals surface area contributed by atoms with Crippen LogP contribution in [-0.4, -0.2) is 0 Å². The minimum atomic E-state index is 1.02. The normalized spacial score (nSPS) is 12.4. The third-order valence-electron chi connectivity index (χ3n) is 8.76. The summed E-state index contributed by atoms with van der Waals surface area (Å²) in [6, 6.07) is 0. The second-order valence-electron chi connectivity index (χ2n) is 12.4. The van der Waals surface area contributed by atoms with Crippen LogP contribution in [0, 0.1) is 5.92 Å². The molecule has 0 aliphatic rings. The van der Waals surface area contributed by atoms with Gasteiger partial charge in [-0.3, -0.25) is 0 Å². The van der Waals surface area contributed by atoms with Gasteiger partial charge in [-0.05, 0) is 5.92 Å². The Labute approximate surface area is 232 Å². The molecule has 1 unspecified atom stereocenters. The second kappa shape index (κ2) is 33.0. The first-order valence-corrected chi connectivity index (χ1v) is 17.8. The third kappa shape index (κ3) is 30.2. The van der Waals surface area contributed by atoms with E-state index in [0.717, 1.165) is 5.92 Å². The lowest BCUT2D eigenvalue weighted by Gasteiger charge is -2.14. The maximum absolute atomic E-state index is 2.43. The topological polar surface area (TPSA) is 0 Å². The van der Waals surface area contributed by atoms with Crippen molar-refractivity contribution in [3.05, 3.63) is 0 Å². The van der Waals surface area contributed by atoms with Crippen molar-refractivity contribution in [3.63, 3.8) is 0 Å². The lowest BCUT2D eigenvalue weighted by Crippen LogP contribution is -1.99. The predicted molar refractivity (Wildman–Crippen MR) is 168 cm³/mol. The summed E-state index contributed by atoms with van der Waals surface area (Å²) in [5.74, 6) is 1.02. The van der Waals surface area contributed by atoms with Crippen LogP contribution < -0.4 is 0 Å². The van der Waals surface area contributed by atoms with Crippen molar-refractivity contribution in [2.24, 2.45) is 5.92 Å². The molecule has 0 bridgehead atoms. The smallest absolute Gasteiger partial charge is 0.0417 e. The molecule has 0 aromatic heterocycles. The quantitative estimate of drug-likeness (QED) is 0.0795. The lowest BCUT2D eigenvalue weighted by molar-refractivity contribution is 0.392. The fourth-order valence-electron chi connectivity index (χ4n) is 5.98. The molecule has 0 spiro atoms. The zero-order valence-electron chi connectivity index (χ0n) is 26.2. The van der Waals surface area contributed by atoms with Crippen molar-refractivity contribution in [2.75, 3.05) is 0 Å². The molecule has 0 fully saturated rings. The maximum atomic E-state index is 2.43. The van der Waals surface area contributed by atoms with Crippen LogP contribution >= 0.6 is 0 Å². The Bertz CT molecular complexity index is 359. The van der Waals surface area contributed by atoms with E-state index in [1.807, 2.05) is 0 Å². The van der Waals surface area contributed by atoms with Gasteiger partial charge in [-0.2, -0.15) is 0 Å². The van der Waals surface area contributed by atoms with Crippen molar-refractivity contribution in [2.45, 2.75) is 226 Å². The molecule has 0 aliphatic carbocycles. The highest BCUT2D eigenvalue weighted by atomic mass is 14.1. The second-order valence-corrected chi connectivity index (χ2v) is 12.4. The van der Waals surface area contributed by atoms with Gasteiger partial charge in [0.25, 0.3) is 0 Å². The van der Waals surface area contributed by atoms with Gasteiger partial charge < -0.3 is 0 Å². The first-order valence-electron chi connectivity index (χ1n) is 17.8. The predicted octanol–water partition coefficient (Wildman–Crippen LogP) is 14.1. The van der Waals surface area contributed by atoms with E-state index in [1.54, 1.807) is 0 Å². The van der Waals surface area contributed by atoms with Crippen LogP contribution in [0.25, 0.3) is 0 Å². The molecule has 0 aromatic rings. The Morgan fingerprint density at radius 2 is 0.444 bits per heavy atom. The van der Waals surface area contributed by atoms with E-state index in [2.05, 4.69) is 20.8 Å². The lowest BCUT2D eigenvalue weighted by atomic mass is 9.92. The van der Waals surface area contributed by atoms with Gasteiger partial charge in [0, 0.05) is 0 Å². The molecule has 36 heavy (non-hydrogen) atoms. The van der Waals surface area contributed by atoms with E-state index in [0.29, 0.717) is 0 Å². The molecule has 0 aliphatic heterocycles. The van der Waals surface area contributed by atoms with Gasteiger partial charge in [0.15, 0.2) is 0 Å². The van der Waals surface area contributed by atoms with E-state index in [9.17, 15) is 0 Å². The summed E-state index contributed by atoms with van der Waals surface area (Å²) in [6.45, 7) is 7.05. The Balaban J connectivity index is 3.24. The molecule has 0 heteroatoms. The molecule has 0 rings (SSSR count). The molecule has 0 aromatic carbocycles. The number of hydrogen-bond acceptors (Lipinski definition) is 0. The highest BCUT2D eigenvalue weighted by Gasteiger charge is 2.06. The number of rotatable bonds is 32. The summed E-state index contributed by atoms with van der Waals surface area (Å²) < 4.78 is 0. The molecule has 218 valence electrons. The standard InChI is InChI=1S/C36H74/c1-4-7-9-11-13-15-17-19-20-21-22-23-25-27-29-31-33-35-36(6-3)34-32-30-28-26-24-18-16-14-12-10-8-5-2/h36H,4-35H2,1-3H3. The molecule has 0 saturated heterocycles. The van der Waals surface area contributed by atoms with Crippen molar-refractivity contribution in [3.8, 4) is 0 Å². The Hall–Kier alpha value is 0. The first kappa shape index (κ1) is 36.0. The van der Waals surface area contributed by atoms with E-state index >= 15 is 0 Å². The molecule has 0 N–H and O–H groups in total. The Morgan fingerprint density at radius 3 is 0.639 bits per heavy atom. The SMILES string of the molecule is CCCCCCCCCCCCCCCCCCCC(CC)CCCCCCCCCCCCCC. The van der Waals surface area contributed by atoms with Gasteiger partial charge in [0.05, 0.1) is 0 Å². The first-order chi connectivity index (χ1) is 17.8. The number of hydrogen-bond donors (Lipinski definition) is 0. The molecular weight excluding hydrogens is 432 g/mol. The zero-order valence-corrected chi connectivity index (χ0v) is 26.2. The summed E-state index contributed by atoms with van der Waals surface area (Å²) in [5.41, 5.74) is 0. The van der Waals surface area contributed by atoms with Gasteiger partial charge in [-0.15, -0.1) is 0 Å². The molecule has 1 atom stereocenters. The minimum Gasteiger partial charge on any atom is -0.0654 e. The van der Waals surface area contributed by atoms with Gasteiger partial charge in [0.2, 0.25) is 0 Å². The maximum Gasteiger partial charge on any atom is -0.0417 e. The zero-order chi connectivity index (χ0) is 26.2. The monoisotopic (exact) mass is 507 g/mol. The summed E-state index contributed by atoms with van der Waals surface area (Å²) in [6.07, 6.45) is 47.3. The van der Waals surface area contributed by atoms with Crippen molar-refractivity contribution in [1.29, 1.82) is 0 Å². The third-order valence-corrected chi connectivity index (χ3v) is 8.76. The summed E-state index contributed by atoms with van der Waals surface area (Å²) >= 11 is 0. The van der Waals surface area contributed by atoms with Crippen molar-refractivity contribution in [1.82, 2.24) is 0 Å². The molecule has 0 amide bonds. The van der Waals surface area contributed by atoms with E-state index in [1.165, 1.54) is 205 Å². The van der Waals surface area contributed by atoms with E-state index < -0.39 is 0 Å². The van der Waals surface area contributed by atoms with Crippen LogP contribution in [0.5, 0.6) is 0 Å². The molecule has 0 heterocycles. The Morgan fingerprint density at radius 1 is 0.250 bits per heavy atom. The largest absolute Gasteiger partial charge is 0.0654 e. The van der Waals surface area contributed by atoms with Gasteiger partial charge in [-0.1, -0.05) is 226 Å². The highest BCUT2D eigenvalue weighted by Crippen LogP contribution is 2.22. The molecular formula is C36H74. The Kier molecular flexibility index (Phi) is 33.0. The van der Waals surface area contributed by atoms with E-state index in [-0.39, 0.29) is 0 Å². The average Bonchev–Trinajstić information content (AvgIpc) is 2.89. The van der Waals surface area contributed by atoms with Crippen LogP contribution in [0.1, 0.15) is 226 Å². The van der Waals surface area contributed by atoms with Gasteiger partial charge in [-0.25, -0.2) is 0 Å². The van der Waals surface area contributed by atoms with Crippen LogP contribution in [0.3, 0.4) is 0 Å². The highest BCUT2D eigenvalue weighted by molar-refractivity contribution is 4.59. The summed E-state index contributed by atoms with van der Waals surface area (Å²) in [4.78, 5) is 0. The fraction of sp³-hybridized carbons (Fsp3) is 1.00. The van der Waals surface area contributed by atoms with Crippen molar-refractivity contribution >= 4 is 0 Å². The van der Waals surface area contributed by atoms with Crippen LogP contribution in [0.2, 0.25) is 0 Å².